The molecule has 20 heavy (non-hydrogen) atoms. The van der Waals surface area contributed by atoms with E-state index in [0.29, 0.717) is 6.54 Å². The first-order valence-corrected chi connectivity index (χ1v) is 7.33. The molecule has 110 valence electrons. The average molecular weight is 276 g/mol. The summed E-state index contributed by atoms with van der Waals surface area (Å²) >= 11 is 0. The third-order valence-corrected chi connectivity index (χ3v) is 4.11. The van der Waals surface area contributed by atoms with E-state index in [4.69, 9.17) is 5.11 Å². The highest BCUT2D eigenvalue weighted by molar-refractivity contribution is 5.74. The van der Waals surface area contributed by atoms with Crippen LogP contribution >= 0.6 is 0 Å². The van der Waals surface area contributed by atoms with Gasteiger partial charge in [-0.3, -0.25) is 0 Å². The minimum Gasteiger partial charge on any atom is -0.394 e. The second-order valence-electron chi connectivity index (χ2n) is 5.93. The number of rotatable bonds is 6. The minimum absolute atomic E-state index is 0.0391. The molecular formula is C16H24N2O2. The second kappa shape index (κ2) is 6.75. The van der Waals surface area contributed by atoms with Gasteiger partial charge in [0.25, 0.3) is 0 Å². The van der Waals surface area contributed by atoms with E-state index < -0.39 is 0 Å². The Morgan fingerprint density at radius 1 is 1.35 bits per heavy atom. The number of aliphatic hydroxyl groups excluding tert-OH is 1. The summed E-state index contributed by atoms with van der Waals surface area (Å²) < 4.78 is 0. The maximum absolute atomic E-state index is 11.7. The van der Waals surface area contributed by atoms with Crippen molar-refractivity contribution in [3.8, 4) is 0 Å². The monoisotopic (exact) mass is 276 g/mol. The Morgan fingerprint density at radius 3 is 2.60 bits per heavy atom. The Balaban J connectivity index is 1.84. The van der Waals surface area contributed by atoms with Crippen LogP contribution in [0.5, 0.6) is 0 Å². The van der Waals surface area contributed by atoms with E-state index in [-0.39, 0.29) is 24.1 Å². The zero-order valence-electron chi connectivity index (χ0n) is 12.1. The molecule has 1 unspecified atom stereocenters. The van der Waals surface area contributed by atoms with Gasteiger partial charge in [0.15, 0.2) is 0 Å². The Kier molecular flexibility index (Phi) is 5.01. The molecule has 1 aromatic rings. The number of hydrogen-bond acceptors (Lipinski definition) is 2. The fraction of sp³-hybridized carbons (Fsp3) is 0.562. The van der Waals surface area contributed by atoms with E-state index in [2.05, 4.69) is 34.9 Å². The summed E-state index contributed by atoms with van der Waals surface area (Å²) in [5, 5.41) is 14.6. The molecule has 0 saturated heterocycles. The van der Waals surface area contributed by atoms with Gasteiger partial charge in [-0.1, -0.05) is 36.8 Å². The van der Waals surface area contributed by atoms with E-state index in [1.165, 1.54) is 12.0 Å². The number of nitrogens with one attached hydrogen (secondary N) is 2. The molecule has 0 radical (unpaired) electrons. The van der Waals surface area contributed by atoms with E-state index in [1.54, 1.807) is 6.92 Å². The van der Waals surface area contributed by atoms with Crippen LogP contribution < -0.4 is 10.6 Å². The third-order valence-electron chi connectivity index (χ3n) is 4.11. The Hall–Kier alpha value is -1.55. The van der Waals surface area contributed by atoms with Gasteiger partial charge in [-0.15, -0.1) is 0 Å². The summed E-state index contributed by atoms with van der Waals surface area (Å²) in [5.74, 6) is 0. The van der Waals surface area contributed by atoms with Crippen molar-refractivity contribution in [1.29, 1.82) is 0 Å². The summed E-state index contributed by atoms with van der Waals surface area (Å²) in [6, 6.07) is 10.0. The van der Waals surface area contributed by atoms with Crippen molar-refractivity contribution in [2.75, 3.05) is 13.2 Å². The molecule has 4 nitrogen and oxygen atoms in total. The van der Waals surface area contributed by atoms with Gasteiger partial charge in [-0.05, 0) is 37.2 Å². The molecule has 1 aliphatic carbocycles. The summed E-state index contributed by atoms with van der Waals surface area (Å²) in [7, 11) is 0. The van der Waals surface area contributed by atoms with Gasteiger partial charge in [0.2, 0.25) is 0 Å². The maximum Gasteiger partial charge on any atom is 0.315 e. The Morgan fingerprint density at radius 2 is 2.05 bits per heavy atom. The lowest BCUT2D eigenvalue weighted by molar-refractivity contribution is 0.131. The lowest BCUT2D eigenvalue weighted by Gasteiger charge is -2.42. The van der Waals surface area contributed by atoms with Crippen LogP contribution in [0.25, 0.3) is 0 Å². The zero-order chi connectivity index (χ0) is 14.4. The first kappa shape index (κ1) is 14.9. The standard InChI is InChI=1S/C16H24N2O2/c1-13(11-19)18-15(20)17-12-16(8-5-9-16)10-14-6-3-2-4-7-14/h2-4,6-7,13,19H,5,8-12H2,1H3,(H2,17,18,20). The molecule has 1 atom stereocenters. The molecule has 0 spiro atoms. The molecule has 0 aliphatic heterocycles. The minimum atomic E-state index is -0.207. The normalized spacial score (nSPS) is 17.9. The second-order valence-corrected chi connectivity index (χ2v) is 5.93. The van der Waals surface area contributed by atoms with Gasteiger partial charge in [-0.2, -0.15) is 0 Å². The van der Waals surface area contributed by atoms with Crippen molar-refractivity contribution in [3.63, 3.8) is 0 Å². The van der Waals surface area contributed by atoms with Gasteiger partial charge in [0.1, 0.15) is 0 Å². The Bertz CT molecular complexity index is 429. The molecule has 1 aromatic carbocycles. The van der Waals surface area contributed by atoms with Crippen molar-refractivity contribution in [2.45, 2.75) is 38.6 Å². The van der Waals surface area contributed by atoms with Gasteiger partial charge in [0, 0.05) is 6.54 Å². The highest BCUT2D eigenvalue weighted by atomic mass is 16.3. The van der Waals surface area contributed by atoms with Gasteiger partial charge in [0.05, 0.1) is 12.6 Å². The molecule has 1 fully saturated rings. The summed E-state index contributed by atoms with van der Waals surface area (Å²) in [6.07, 6.45) is 4.59. The lowest BCUT2D eigenvalue weighted by atomic mass is 9.65. The molecule has 1 aliphatic rings. The van der Waals surface area contributed by atoms with Crippen LogP contribution in [-0.4, -0.2) is 30.3 Å². The molecule has 1 saturated carbocycles. The lowest BCUT2D eigenvalue weighted by Crippen LogP contribution is -2.49. The van der Waals surface area contributed by atoms with E-state index >= 15 is 0 Å². The van der Waals surface area contributed by atoms with Crippen molar-refractivity contribution in [1.82, 2.24) is 10.6 Å². The van der Waals surface area contributed by atoms with Crippen molar-refractivity contribution < 1.29 is 9.90 Å². The number of amides is 2. The van der Waals surface area contributed by atoms with Crippen LogP contribution in [-0.2, 0) is 6.42 Å². The quantitative estimate of drug-likeness (QED) is 0.745. The number of aliphatic hydroxyl groups is 1. The third kappa shape index (κ3) is 3.97. The number of benzene rings is 1. The van der Waals surface area contributed by atoms with Gasteiger partial charge in [-0.25, -0.2) is 4.79 Å². The van der Waals surface area contributed by atoms with E-state index in [9.17, 15) is 4.79 Å². The maximum atomic E-state index is 11.7. The summed E-state index contributed by atoms with van der Waals surface area (Å²) in [6.45, 7) is 2.44. The number of urea groups is 1. The average Bonchev–Trinajstić information content (AvgIpc) is 2.42. The van der Waals surface area contributed by atoms with Crippen LogP contribution in [0.2, 0.25) is 0 Å². The summed E-state index contributed by atoms with van der Waals surface area (Å²) in [5.41, 5.74) is 1.54. The van der Waals surface area contributed by atoms with Gasteiger partial charge < -0.3 is 15.7 Å². The van der Waals surface area contributed by atoms with Crippen LogP contribution in [0, 0.1) is 5.41 Å². The zero-order valence-corrected chi connectivity index (χ0v) is 12.1. The topological polar surface area (TPSA) is 61.4 Å². The smallest absolute Gasteiger partial charge is 0.315 e. The number of hydrogen-bond donors (Lipinski definition) is 3. The van der Waals surface area contributed by atoms with Crippen LogP contribution in [0.3, 0.4) is 0 Å². The molecule has 0 bridgehead atoms. The summed E-state index contributed by atoms with van der Waals surface area (Å²) in [4.78, 5) is 11.7. The first-order chi connectivity index (χ1) is 9.63. The van der Waals surface area contributed by atoms with E-state index in [1.807, 2.05) is 6.07 Å². The number of carbonyl (C=O) groups is 1. The predicted molar refractivity (Wildman–Crippen MR) is 79.5 cm³/mol. The predicted octanol–water partition coefficient (Wildman–Crippen LogP) is 2.08. The molecule has 3 N–H and O–H groups in total. The van der Waals surface area contributed by atoms with Crippen molar-refractivity contribution >= 4 is 6.03 Å². The van der Waals surface area contributed by atoms with E-state index in [0.717, 1.165) is 19.3 Å². The molecule has 0 aromatic heterocycles. The molecule has 2 amide bonds. The molecule has 4 heteroatoms. The fourth-order valence-electron chi connectivity index (χ4n) is 2.71. The van der Waals surface area contributed by atoms with Crippen LogP contribution in [0.15, 0.2) is 30.3 Å². The van der Waals surface area contributed by atoms with Crippen LogP contribution in [0.4, 0.5) is 4.79 Å². The van der Waals surface area contributed by atoms with Gasteiger partial charge >= 0.3 is 6.03 Å². The molecule has 0 heterocycles. The number of carbonyl (C=O) groups excluding carboxylic acids is 1. The van der Waals surface area contributed by atoms with Crippen LogP contribution in [0.1, 0.15) is 31.7 Å². The van der Waals surface area contributed by atoms with Crippen molar-refractivity contribution in [3.05, 3.63) is 35.9 Å². The molecular weight excluding hydrogens is 252 g/mol. The highest BCUT2D eigenvalue weighted by Crippen LogP contribution is 2.43. The Labute approximate surface area is 120 Å². The largest absolute Gasteiger partial charge is 0.394 e. The molecule has 2 rings (SSSR count). The SMILES string of the molecule is CC(CO)NC(=O)NCC1(Cc2ccccc2)CCC1. The fourth-order valence-corrected chi connectivity index (χ4v) is 2.71. The first-order valence-electron chi connectivity index (χ1n) is 7.33. The highest BCUT2D eigenvalue weighted by Gasteiger charge is 2.37. The van der Waals surface area contributed by atoms with Crippen molar-refractivity contribution in [2.24, 2.45) is 5.41 Å².